The van der Waals surface area contributed by atoms with Gasteiger partial charge in [0.2, 0.25) is 0 Å². The number of nitrogen functional groups attached to an aromatic ring is 1. The number of rotatable bonds is 1. The standard InChI is InChI=1S/C11H12N2O/c1-7-2-3-11-8(4-7)9(6-14)10(12)5-13-11/h2-5,14H,6,12H2,1H3. The summed E-state index contributed by atoms with van der Waals surface area (Å²) in [6.45, 7) is 1.96. The van der Waals surface area contributed by atoms with Crippen LogP contribution in [-0.2, 0) is 6.61 Å². The van der Waals surface area contributed by atoms with Crippen molar-refractivity contribution >= 4 is 16.6 Å². The van der Waals surface area contributed by atoms with Gasteiger partial charge < -0.3 is 10.8 Å². The molecule has 0 fully saturated rings. The minimum atomic E-state index is -0.0473. The number of aromatic nitrogens is 1. The maximum atomic E-state index is 9.20. The molecule has 0 radical (unpaired) electrons. The average Bonchev–Trinajstić information content (AvgIpc) is 2.17. The van der Waals surface area contributed by atoms with Gasteiger partial charge in [-0.25, -0.2) is 0 Å². The molecule has 1 aromatic heterocycles. The largest absolute Gasteiger partial charge is 0.397 e. The van der Waals surface area contributed by atoms with Gasteiger partial charge in [0.05, 0.1) is 24.0 Å². The van der Waals surface area contributed by atoms with Crippen molar-refractivity contribution in [2.75, 3.05) is 5.73 Å². The lowest BCUT2D eigenvalue weighted by Crippen LogP contribution is -1.97. The monoisotopic (exact) mass is 188 g/mol. The zero-order chi connectivity index (χ0) is 10.1. The van der Waals surface area contributed by atoms with Crippen molar-refractivity contribution in [3.63, 3.8) is 0 Å². The van der Waals surface area contributed by atoms with Crippen LogP contribution in [0.3, 0.4) is 0 Å². The summed E-state index contributed by atoms with van der Waals surface area (Å²) in [5.41, 5.74) is 9.04. The number of anilines is 1. The molecule has 0 aliphatic rings. The molecule has 3 N–H and O–H groups in total. The maximum Gasteiger partial charge on any atom is 0.0709 e. The number of aryl methyl sites for hydroxylation is 1. The highest BCUT2D eigenvalue weighted by Gasteiger charge is 2.05. The van der Waals surface area contributed by atoms with Crippen molar-refractivity contribution in [1.82, 2.24) is 4.98 Å². The number of nitrogens with two attached hydrogens (primary N) is 1. The number of pyridine rings is 1. The second-order valence-corrected chi connectivity index (χ2v) is 3.37. The molecule has 0 saturated carbocycles. The van der Waals surface area contributed by atoms with Crippen LogP contribution in [-0.4, -0.2) is 10.1 Å². The molecule has 0 aliphatic carbocycles. The van der Waals surface area contributed by atoms with E-state index < -0.39 is 0 Å². The van der Waals surface area contributed by atoms with Crippen molar-refractivity contribution < 1.29 is 5.11 Å². The predicted octanol–water partition coefficient (Wildman–Crippen LogP) is 1.62. The van der Waals surface area contributed by atoms with Crippen molar-refractivity contribution in [2.24, 2.45) is 0 Å². The van der Waals surface area contributed by atoms with Crippen LogP contribution in [0.1, 0.15) is 11.1 Å². The Morgan fingerprint density at radius 2 is 2.21 bits per heavy atom. The fourth-order valence-electron chi connectivity index (χ4n) is 1.55. The highest BCUT2D eigenvalue weighted by atomic mass is 16.3. The van der Waals surface area contributed by atoms with Crippen molar-refractivity contribution in [3.05, 3.63) is 35.5 Å². The lowest BCUT2D eigenvalue weighted by Gasteiger charge is -2.07. The molecule has 3 nitrogen and oxygen atoms in total. The van der Waals surface area contributed by atoms with Gasteiger partial charge in [0.1, 0.15) is 0 Å². The normalized spacial score (nSPS) is 10.7. The lowest BCUT2D eigenvalue weighted by molar-refractivity contribution is 0.284. The molecule has 0 atom stereocenters. The molecule has 14 heavy (non-hydrogen) atoms. The SMILES string of the molecule is Cc1ccc2ncc(N)c(CO)c2c1. The summed E-state index contributed by atoms with van der Waals surface area (Å²) >= 11 is 0. The van der Waals surface area contributed by atoms with Gasteiger partial charge in [-0.2, -0.15) is 0 Å². The summed E-state index contributed by atoms with van der Waals surface area (Å²) in [5.74, 6) is 0. The second kappa shape index (κ2) is 3.27. The number of benzene rings is 1. The number of nitrogens with zero attached hydrogens (tertiary/aromatic N) is 1. The van der Waals surface area contributed by atoms with E-state index in [1.165, 1.54) is 0 Å². The Kier molecular flexibility index (Phi) is 2.09. The van der Waals surface area contributed by atoms with Gasteiger partial charge in [0.25, 0.3) is 0 Å². The van der Waals surface area contributed by atoms with Crippen molar-refractivity contribution in [3.8, 4) is 0 Å². The van der Waals surface area contributed by atoms with E-state index in [1.54, 1.807) is 6.20 Å². The van der Waals surface area contributed by atoms with Gasteiger partial charge in [-0.15, -0.1) is 0 Å². The van der Waals surface area contributed by atoms with Crippen LogP contribution in [0.4, 0.5) is 5.69 Å². The number of hydrogen-bond donors (Lipinski definition) is 2. The van der Waals surface area contributed by atoms with E-state index in [9.17, 15) is 5.11 Å². The Bertz CT molecular complexity index is 475. The molecule has 0 aliphatic heterocycles. The minimum Gasteiger partial charge on any atom is -0.397 e. The quantitative estimate of drug-likeness (QED) is 0.714. The van der Waals surface area contributed by atoms with Gasteiger partial charge in [-0.05, 0) is 19.1 Å². The van der Waals surface area contributed by atoms with Gasteiger partial charge >= 0.3 is 0 Å². The predicted molar refractivity (Wildman–Crippen MR) is 56.8 cm³/mol. The van der Waals surface area contributed by atoms with Crippen molar-refractivity contribution in [2.45, 2.75) is 13.5 Å². The summed E-state index contributed by atoms with van der Waals surface area (Å²) in [6, 6.07) is 5.92. The third kappa shape index (κ3) is 1.32. The van der Waals surface area contributed by atoms with E-state index in [4.69, 9.17) is 5.73 Å². The van der Waals surface area contributed by atoms with Crippen LogP contribution < -0.4 is 5.73 Å². The van der Waals surface area contributed by atoms with Crippen LogP contribution in [0.25, 0.3) is 10.9 Å². The van der Waals surface area contributed by atoms with Gasteiger partial charge in [0.15, 0.2) is 0 Å². The zero-order valence-electron chi connectivity index (χ0n) is 7.99. The van der Waals surface area contributed by atoms with Crippen LogP contribution in [0.15, 0.2) is 24.4 Å². The number of fused-ring (bicyclic) bond motifs is 1. The Labute approximate surface area is 82.2 Å². The maximum absolute atomic E-state index is 9.20. The van der Waals surface area contributed by atoms with E-state index in [-0.39, 0.29) is 6.61 Å². The summed E-state index contributed by atoms with van der Waals surface area (Å²) in [6.07, 6.45) is 1.59. The molecule has 2 aromatic rings. The third-order valence-corrected chi connectivity index (χ3v) is 2.33. The number of aliphatic hydroxyl groups excluding tert-OH is 1. The van der Waals surface area contributed by atoms with E-state index in [0.29, 0.717) is 5.69 Å². The molecule has 0 saturated heterocycles. The molecule has 72 valence electrons. The van der Waals surface area contributed by atoms with Gasteiger partial charge in [-0.3, -0.25) is 4.98 Å². The first-order valence-corrected chi connectivity index (χ1v) is 4.47. The molecule has 0 bridgehead atoms. The van der Waals surface area contributed by atoms with E-state index in [0.717, 1.165) is 22.0 Å². The molecular weight excluding hydrogens is 176 g/mol. The highest BCUT2D eigenvalue weighted by molar-refractivity contribution is 5.86. The highest BCUT2D eigenvalue weighted by Crippen LogP contribution is 2.22. The Morgan fingerprint density at radius 1 is 1.43 bits per heavy atom. The minimum absolute atomic E-state index is 0.0473. The van der Waals surface area contributed by atoms with Crippen LogP contribution in [0.5, 0.6) is 0 Å². The molecule has 2 rings (SSSR count). The average molecular weight is 188 g/mol. The molecule has 3 heteroatoms. The van der Waals surface area contributed by atoms with Crippen LogP contribution >= 0.6 is 0 Å². The van der Waals surface area contributed by atoms with Crippen LogP contribution in [0, 0.1) is 6.92 Å². The summed E-state index contributed by atoms with van der Waals surface area (Å²) in [5, 5.41) is 10.1. The topological polar surface area (TPSA) is 59.1 Å². The Morgan fingerprint density at radius 3 is 2.93 bits per heavy atom. The second-order valence-electron chi connectivity index (χ2n) is 3.37. The third-order valence-electron chi connectivity index (χ3n) is 2.33. The molecule has 0 spiro atoms. The fourth-order valence-corrected chi connectivity index (χ4v) is 1.55. The number of hydrogen-bond acceptors (Lipinski definition) is 3. The Hall–Kier alpha value is -1.61. The first-order chi connectivity index (χ1) is 6.72. The van der Waals surface area contributed by atoms with E-state index >= 15 is 0 Å². The molecular formula is C11H12N2O. The lowest BCUT2D eigenvalue weighted by atomic mass is 10.1. The van der Waals surface area contributed by atoms with Crippen LogP contribution in [0.2, 0.25) is 0 Å². The molecule has 0 unspecified atom stereocenters. The van der Waals surface area contributed by atoms with Gasteiger partial charge in [-0.1, -0.05) is 11.6 Å². The Balaban J connectivity index is 2.84. The smallest absolute Gasteiger partial charge is 0.0709 e. The molecule has 1 heterocycles. The summed E-state index contributed by atoms with van der Waals surface area (Å²) in [4.78, 5) is 4.19. The number of aliphatic hydroxyl groups is 1. The first kappa shape index (κ1) is 8.97. The van der Waals surface area contributed by atoms with Crippen molar-refractivity contribution in [1.29, 1.82) is 0 Å². The summed E-state index contributed by atoms with van der Waals surface area (Å²) < 4.78 is 0. The summed E-state index contributed by atoms with van der Waals surface area (Å²) in [7, 11) is 0. The first-order valence-electron chi connectivity index (χ1n) is 4.47. The molecule has 1 aromatic carbocycles. The zero-order valence-corrected chi connectivity index (χ0v) is 7.99. The van der Waals surface area contributed by atoms with E-state index in [2.05, 4.69) is 4.98 Å². The fraction of sp³-hybridized carbons (Fsp3) is 0.182. The molecule has 0 amide bonds. The van der Waals surface area contributed by atoms with Gasteiger partial charge in [0, 0.05) is 10.9 Å². The van der Waals surface area contributed by atoms with E-state index in [1.807, 2.05) is 25.1 Å².